The van der Waals surface area contributed by atoms with Crippen LogP contribution in [0.5, 0.6) is 5.75 Å². The van der Waals surface area contributed by atoms with Crippen molar-refractivity contribution in [2.24, 2.45) is 5.92 Å². The molecule has 0 spiro atoms. The maximum atomic E-state index is 13.7. The van der Waals surface area contributed by atoms with Crippen molar-refractivity contribution in [3.63, 3.8) is 0 Å². The fourth-order valence-electron chi connectivity index (χ4n) is 4.53. The third-order valence-electron chi connectivity index (χ3n) is 6.12. The molecule has 1 aromatic carbocycles. The Morgan fingerprint density at radius 3 is 2.76 bits per heavy atom. The van der Waals surface area contributed by atoms with Crippen LogP contribution in [-0.4, -0.2) is 68.1 Å². The molecule has 0 aliphatic carbocycles. The van der Waals surface area contributed by atoms with Gasteiger partial charge in [0.25, 0.3) is 0 Å². The molecule has 5 rings (SSSR count). The van der Waals surface area contributed by atoms with Gasteiger partial charge in [-0.3, -0.25) is 5.10 Å². The second kappa shape index (κ2) is 7.07. The standard InChI is InChI=1S/C20H22FN7O/c1-27-6-4-13-11-28(7-5-17(13)27)20-22-10-16(24-26-20)14-3-2-12(8-18(14)29)15-9-23-25-19(15)21/h2-3,8-10,13,17,29H,4-7,11H2,1H3,(H,23,25). The van der Waals surface area contributed by atoms with Gasteiger partial charge in [-0.15, -0.1) is 10.2 Å². The van der Waals surface area contributed by atoms with E-state index in [1.807, 2.05) is 0 Å². The van der Waals surface area contributed by atoms with Gasteiger partial charge in [0.1, 0.15) is 11.4 Å². The second-order valence-corrected chi connectivity index (χ2v) is 7.80. The van der Waals surface area contributed by atoms with Gasteiger partial charge in [0.15, 0.2) is 0 Å². The van der Waals surface area contributed by atoms with E-state index in [0.717, 1.165) is 26.1 Å². The maximum Gasteiger partial charge on any atom is 0.245 e. The predicted octanol–water partition coefficient (Wildman–Crippen LogP) is 2.30. The zero-order valence-electron chi connectivity index (χ0n) is 16.1. The Morgan fingerprint density at radius 2 is 2.03 bits per heavy atom. The molecular formula is C20H22FN7O. The fourth-order valence-corrected chi connectivity index (χ4v) is 4.53. The number of nitrogens with one attached hydrogen (secondary N) is 1. The summed E-state index contributed by atoms with van der Waals surface area (Å²) in [5.74, 6) is 0.720. The van der Waals surface area contributed by atoms with Crippen LogP contribution < -0.4 is 4.90 Å². The van der Waals surface area contributed by atoms with Gasteiger partial charge in [0, 0.05) is 24.7 Å². The summed E-state index contributed by atoms with van der Waals surface area (Å²) in [6.45, 7) is 3.02. The van der Waals surface area contributed by atoms with Crippen LogP contribution in [0.3, 0.4) is 0 Å². The van der Waals surface area contributed by atoms with E-state index in [1.165, 1.54) is 18.7 Å². The summed E-state index contributed by atoms with van der Waals surface area (Å²) in [5.41, 5.74) is 1.80. The molecule has 4 heterocycles. The highest BCUT2D eigenvalue weighted by Crippen LogP contribution is 2.34. The number of likely N-dealkylation sites (tertiary alicyclic amines) is 1. The summed E-state index contributed by atoms with van der Waals surface area (Å²) in [7, 11) is 2.20. The first-order valence-electron chi connectivity index (χ1n) is 9.77. The smallest absolute Gasteiger partial charge is 0.245 e. The van der Waals surface area contributed by atoms with E-state index in [9.17, 15) is 9.50 Å². The maximum absolute atomic E-state index is 13.7. The zero-order chi connectivity index (χ0) is 20.0. The fraction of sp³-hybridized carbons (Fsp3) is 0.400. The summed E-state index contributed by atoms with van der Waals surface area (Å²) >= 11 is 0. The number of piperidine rings is 1. The van der Waals surface area contributed by atoms with Gasteiger partial charge in [-0.1, -0.05) is 6.07 Å². The third-order valence-corrected chi connectivity index (χ3v) is 6.12. The van der Waals surface area contributed by atoms with Crippen LogP contribution in [0.25, 0.3) is 22.4 Å². The molecule has 2 aromatic heterocycles. The first kappa shape index (κ1) is 18.0. The zero-order valence-corrected chi connectivity index (χ0v) is 16.1. The predicted molar refractivity (Wildman–Crippen MR) is 106 cm³/mol. The number of aromatic hydroxyl groups is 1. The van der Waals surface area contributed by atoms with Crippen LogP contribution in [0.2, 0.25) is 0 Å². The van der Waals surface area contributed by atoms with Crippen LogP contribution in [0.15, 0.2) is 30.6 Å². The second-order valence-electron chi connectivity index (χ2n) is 7.80. The molecule has 2 aliphatic heterocycles. The van der Waals surface area contributed by atoms with E-state index in [0.29, 0.717) is 40.3 Å². The van der Waals surface area contributed by atoms with E-state index >= 15 is 0 Å². The molecule has 2 atom stereocenters. The van der Waals surface area contributed by atoms with E-state index in [1.54, 1.807) is 18.3 Å². The lowest BCUT2D eigenvalue weighted by molar-refractivity contribution is 0.238. The molecule has 2 fully saturated rings. The first-order chi connectivity index (χ1) is 14.1. The van der Waals surface area contributed by atoms with Crippen LogP contribution in [0.4, 0.5) is 10.3 Å². The van der Waals surface area contributed by atoms with Crippen molar-refractivity contribution in [1.82, 2.24) is 30.3 Å². The topological polar surface area (TPSA) is 94.1 Å². The van der Waals surface area contributed by atoms with Crippen molar-refractivity contribution in [3.05, 3.63) is 36.5 Å². The van der Waals surface area contributed by atoms with Crippen LogP contribution >= 0.6 is 0 Å². The number of hydrogen-bond donors (Lipinski definition) is 2. The highest BCUT2D eigenvalue weighted by molar-refractivity contribution is 5.73. The number of phenols is 1. The number of rotatable bonds is 3. The Kier molecular flexibility index (Phi) is 4.39. The van der Waals surface area contributed by atoms with Crippen molar-refractivity contribution in [2.45, 2.75) is 18.9 Å². The van der Waals surface area contributed by atoms with Crippen LogP contribution in [0, 0.1) is 11.9 Å². The summed E-state index contributed by atoms with van der Waals surface area (Å²) in [6.07, 6.45) is 5.33. The number of aromatic nitrogens is 5. The molecule has 29 heavy (non-hydrogen) atoms. The Bertz CT molecular complexity index is 1020. The van der Waals surface area contributed by atoms with Gasteiger partial charge in [-0.25, -0.2) is 4.98 Å². The largest absolute Gasteiger partial charge is 0.507 e. The lowest BCUT2D eigenvalue weighted by atomic mass is 9.93. The molecule has 9 heteroatoms. The van der Waals surface area contributed by atoms with E-state index in [-0.39, 0.29) is 5.75 Å². The summed E-state index contributed by atoms with van der Waals surface area (Å²) in [6, 6.07) is 5.54. The molecule has 8 nitrogen and oxygen atoms in total. The van der Waals surface area contributed by atoms with Gasteiger partial charge in [0.05, 0.1) is 18.0 Å². The summed E-state index contributed by atoms with van der Waals surface area (Å²) in [5, 5.41) is 24.9. The Morgan fingerprint density at radius 1 is 1.14 bits per heavy atom. The number of benzene rings is 1. The van der Waals surface area contributed by atoms with Crippen molar-refractivity contribution in [3.8, 4) is 28.1 Å². The third kappa shape index (κ3) is 3.21. The lowest BCUT2D eigenvalue weighted by Crippen LogP contribution is -2.45. The molecule has 2 unspecified atom stereocenters. The molecular weight excluding hydrogens is 373 g/mol. The van der Waals surface area contributed by atoms with Crippen molar-refractivity contribution < 1.29 is 9.50 Å². The molecule has 0 radical (unpaired) electrons. The van der Waals surface area contributed by atoms with Gasteiger partial charge >= 0.3 is 0 Å². The molecule has 2 N–H and O–H groups in total. The number of anilines is 1. The quantitative estimate of drug-likeness (QED) is 0.703. The molecule has 0 bridgehead atoms. The normalized spacial score (nSPS) is 22.1. The molecule has 0 saturated carbocycles. The average molecular weight is 395 g/mol. The average Bonchev–Trinajstić information content (AvgIpc) is 3.33. The SMILES string of the molecule is CN1CCC2CN(c3ncc(-c4ccc(-c5cn[nH]c5F)cc4O)nn3)CCC21. The first-order valence-corrected chi connectivity index (χ1v) is 9.77. The van der Waals surface area contributed by atoms with E-state index < -0.39 is 5.95 Å². The minimum absolute atomic E-state index is 0.0123. The number of fused-ring (bicyclic) bond motifs is 1. The van der Waals surface area contributed by atoms with Crippen LogP contribution in [-0.2, 0) is 0 Å². The number of halogens is 1. The monoisotopic (exact) mass is 395 g/mol. The Labute approximate surface area is 167 Å². The summed E-state index contributed by atoms with van der Waals surface area (Å²) in [4.78, 5) is 9.14. The molecule has 0 amide bonds. The Balaban J connectivity index is 1.35. The minimum atomic E-state index is -0.541. The van der Waals surface area contributed by atoms with Crippen molar-refractivity contribution >= 4 is 5.95 Å². The number of nitrogens with zero attached hydrogens (tertiary/aromatic N) is 6. The van der Waals surface area contributed by atoms with Gasteiger partial charge in [-0.05, 0) is 50.0 Å². The van der Waals surface area contributed by atoms with Crippen LogP contribution in [0.1, 0.15) is 12.8 Å². The molecule has 2 saturated heterocycles. The van der Waals surface area contributed by atoms with Crippen molar-refractivity contribution in [2.75, 3.05) is 31.6 Å². The highest BCUT2D eigenvalue weighted by Gasteiger charge is 2.37. The Hall–Kier alpha value is -3.07. The van der Waals surface area contributed by atoms with E-state index in [4.69, 9.17) is 0 Å². The number of aromatic amines is 1. The molecule has 3 aromatic rings. The minimum Gasteiger partial charge on any atom is -0.507 e. The molecule has 150 valence electrons. The number of phenolic OH excluding ortho intramolecular Hbond substituents is 1. The van der Waals surface area contributed by atoms with Gasteiger partial charge in [-0.2, -0.15) is 9.49 Å². The van der Waals surface area contributed by atoms with Gasteiger partial charge < -0.3 is 14.9 Å². The van der Waals surface area contributed by atoms with Crippen molar-refractivity contribution in [1.29, 1.82) is 0 Å². The number of hydrogen-bond acceptors (Lipinski definition) is 7. The van der Waals surface area contributed by atoms with Gasteiger partial charge in [0.2, 0.25) is 11.9 Å². The summed E-state index contributed by atoms with van der Waals surface area (Å²) < 4.78 is 13.7. The lowest BCUT2D eigenvalue weighted by Gasteiger charge is -2.36. The molecule has 2 aliphatic rings. The highest BCUT2D eigenvalue weighted by atomic mass is 19.1. The van der Waals surface area contributed by atoms with E-state index in [2.05, 4.69) is 42.2 Å². The number of H-pyrrole nitrogens is 1.